The Bertz CT molecular complexity index is 966. The molecule has 140 valence electrons. The maximum atomic E-state index is 4.24. The number of nitrogens with one attached hydrogen (secondary N) is 2. The van der Waals surface area contributed by atoms with Crippen molar-refractivity contribution in [2.45, 2.75) is 19.4 Å². The van der Waals surface area contributed by atoms with Crippen LogP contribution in [0.15, 0.2) is 84.6 Å². The Labute approximate surface area is 169 Å². The molecule has 0 radical (unpaired) electrons. The van der Waals surface area contributed by atoms with Gasteiger partial charge in [-0.1, -0.05) is 36.4 Å². The Morgan fingerprint density at radius 3 is 1.93 bits per heavy atom. The average molecular weight is 387 g/mol. The molecule has 2 N–H and O–H groups in total. The summed E-state index contributed by atoms with van der Waals surface area (Å²) >= 11 is 1.62. The highest BCUT2D eigenvalue weighted by Crippen LogP contribution is 2.18. The van der Waals surface area contributed by atoms with Gasteiger partial charge in [-0.2, -0.15) is 0 Å². The molecular weight excluding hydrogens is 364 g/mol. The number of aromatic nitrogens is 2. The van der Waals surface area contributed by atoms with Gasteiger partial charge in [0.25, 0.3) is 0 Å². The molecule has 0 saturated carbocycles. The number of anilines is 3. The van der Waals surface area contributed by atoms with Crippen molar-refractivity contribution in [2.75, 3.05) is 10.6 Å². The minimum Gasteiger partial charge on any atom is -0.357 e. The minimum absolute atomic E-state index is 0.805. The van der Waals surface area contributed by atoms with Crippen LogP contribution in [0.2, 0.25) is 0 Å². The van der Waals surface area contributed by atoms with Crippen LogP contribution in [0, 0.1) is 0 Å². The molecule has 0 aliphatic heterocycles. The first-order valence-corrected chi connectivity index (χ1v) is 10.2. The molecule has 0 bridgehead atoms. The van der Waals surface area contributed by atoms with Gasteiger partial charge in [-0.25, -0.2) is 4.98 Å². The van der Waals surface area contributed by atoms with E-state index in [-0.39, 0.29) is 0 Å². The standard InChI is InChI=1S/C23H22N4S/c1(18-3-5-20(6-4-18)17-26-23-25-15-16-28-23)2-19-7-9-21(10-8-19)27-22-11-13-24-14-12-22/h3-16H,1-2,17H2,(H,24,27)(H,25,26). The van der Waals surface area contributed by atoms with Crippen LogP contribution in [0.25, 0.3) is 0 Å². The monoisotopic (exact) mass is 386 g/mol. The van der Waals surface area contributed by atoms with Crippen molar-refractivity contribution in [1.82, 2.24) is 9.97 Å². The molecule has 0 saturated heterocycles. The van der Waals surface area contributed by atoms with E-state index in [1.54, 1.807) is 23.7 Å². The van der Waals surface area contributed by atoms with Crippen molar-refractivity contribution < 1.29 is 0 Å². The number of hydrogen-bond acceptors (Lipinski definition) is 5. The second kappa shape index (κ2) is 9.15. The van der Waals surface area contributed by atoms with Crippen molar-refractivity contribution in [1.29, 1.82) is 0 Å². The van der Waals surface area contributed by atoms with E-state index in [1.165, 1.54) is 16.7 Å². The van der Waals surface area contributed by atoms with Crippen LogP contribution >= 0.6 is 11.3 Å². The van der Waals surface area contributed by atoms with Gasteiger partial charge in [0.1, 0.15) is 0 Å². The fourth-order valence-electron chi connectivity index (χ4n) is 2.96. The molecule has 0 unspecified atom stereocenters. The molecule has 2 aromatic heterocycles. The molecule has 0 fully saturated rings. The Morgan fingerprint density at radius 2 is 1.29 bits per heavy atom. The molecule has 2 heterocycles. The van der Waals surface area contributed by atoms with Crippen molar-refractivity contribution in [2.24, 2.45) is 0 Å². The summed E-state index contributed by atoms with van der Waals surface area (Å²) < 4.78 is 0. The zero-order valence-electron chi connectivity index (χ0n) is 15.5. The fourth-order valence-corrected chi connectivity index (χ4v) is 3.49. The molecule has 4 aromatic rings. The minimum atomic E-state index is 0.805. The van der Waals surface area contributed by atoms with E-state index in [1.807, 2.05) is 23.7 Å². The van der Waals surface area contributed by atoms with Crippen LogP contribution in [-0.2, 0) is 19.4 Å². The van der Waals surface area contributed by atoms with Crippen LogP contribution in [0.3, 0.4) is 0 Å². The molecule has 0 atom stereocenters. The lowest BCUT2D eigenvalue weighted by atomic mass is 10.0. The number of pyridine rings is 1. The predicted molar refractivity (Wildman–Crippen MR) is 117 cm³/mol. The molecule has 5 heteroatoms. The van der Waals surface area contributed by atoms with Gasteiger partial charge in [0.2, 0.25) is 0 Å². The van der Waals surface area contributed by atoms with E-state index in [9.17, 15) is 0 Å². The lowest BCUT2D eigenvalue weighted by Gasteiger charge is -2.08. The van der Waals surface area contributed by atoms with E-state index in [4.69, 9.17) is 0 Å². The van der Waals surface area contributed by atoms with Crippen molar-refractivity contribution in [3.63, 3.8) is 0 Å². The lowest BCUT2D eigenvalue weighted by Crippen LogP contribution is -1.99. The zero-order chi connectivity index (χ0) is 19.0. The normalized spacial score (nSPS) is 10.6. The summed E-state index contributed by atoms with van der Waals surface area (Å²) in [4.78, 5) is 8.28. The summed E-state index contributed by atoms with van der Waals surface area (Å²) in [5.74, 6) is 0. The summed E-state index contributed by atoms with van der Waals surface area (Å²) in [6.45, 7) is 0.805. The van der Waals surface area contributed by atoms with E-state index >= 15 is 0 Å². The number of benzene rings is 2. The van der Waals surface area contributed by atoms with Crippen LogP contribution < -0.4 is 10.6 Å². The zero-order valence-corrected chi connectivity index (χ0v) is 16.3. The third-order valence-electron chi connectivity index (χ3n) is 4.52. The number of hydrogen-bond donors (Lipinski definition) is 2. The first-order valence-electron chi connectivity index (χ1n) is 9.32. The van der Waals surface area contributed by atoms with Gasteiger partial charge in [-0.3, -0.25) is 4.98 Å². The van der Waals surface area contributed by atoms with E-state index in [0.29, 0.717) is 0 Å². The number of aryl methyl sites for hydroxylation is 2. The predicted octanol–water partition coefficient (Wildman–Crippen LogP) is 5.68. The number of thiazole rings is 1. The first-order chi connectivity index (χ1) is 13.8. The van der Waals surface area contributed by atoms with E-state index in [0.717, 1.165) is 35.9 Å². The Morgan fingerprint density at radius 1 is 0.679 bits per heavy atom. The molecule has 0 aliphatic rings. The number of rotatable bonds is 8. The van der Waals surface area contributed by atoms with Crippen molar-refractivity contribution >= 4 is 27.8 Å². The number of nitrogens with zero attached hydrogens (tertiary/aromatic N) is 2. The van der Waals surface area contributed by atoms with Gasteiger partial charge in [0.05, 0.1) is 0 Å². The van der Waals surface area contributed by atoms with Gasteiger partial charge < -0.3 is 10.6 Å². The summed E-state index contributed by atoms with van der Waals surface area (Å²) in [5.41, 5.74) is 6.11. The summed E-state index contributed by atoms with van der Waals surface area (Å²) in [6, 6.07) is 21.4. The van der Waals surface area contributed by atoms with Gasteiger partial charge in [-0.05, 0) is 53.8 Å². The van der Waals surface area contributed by atoms with Gasteiger partial charge in [-0.15, -0.1) is 11.3 Å². The highest BCUT2D eigenvalue weighted by molar-refractivity contribution is 7.13. The molecular formula is C23H22N4S. The van der Waals surface area contributed by atoms with Crippen LogP contribution in [0.5, 0.6) is 0 Å². The Kier molecular flexibility index (Phi) is 5.95. The second-order valence-electron chi connectivity index (χ2n) is 6.57. The molecule has 2 aromatic carbocycles. The second-order valence-corrected chi connectivity index (χ2v) is 7.46. The largest absolute Gasteiger partial charge is 0.357 e. The Hall–Kier alpha value is -3.18. The van der Waals surface area contributed by atoms with E-state index in [2.05, 4.69) is 69.1 Å². The highest BCUT2D eigenvalue weighted by atomic mass is 32.1. The molecule has 0 spiro atoms. The average Bonchev–Trinajstić information content (AvgIpc) is 3.27. The van der Waals surface area contributed by atoms with Crippen molar-refractivity contribution in [3.8, 4) is 0 Å². The third kappa shape index (κ3) is 5.18. The van der Waals surface area contributed by atoms with Gasteiger partial charge in [0, 0.05) is 41.9 Å². The molecule has 4 nitrogen and oxygen atoms in total. The van der Waals surface area contributed by atoms with E-state index < -0.39 is 0 Å². The van der Waals surface area contributed by atoms with Gasteiger partial charge in [0.15, 0.2) is 5.13 Å². The maximum absolute atomic E-state index is 4.24. The summed E-state index contributed by atoms with van der Waals surface area (Å²) in [6.07, 6.45) is 7.47. The van der Waals surface area contributed by atoms with Crippen LogP contribution in [0.1, 0.15) is 16.7 Å². The smallest absolute Gasteiger partial charge is 0.182 e. The quantitative estimate of drug-likeness (QED) is 0.409. The topological polar surface area (TPSA) is 49.8 Å². The van der Waals surface area contributed by atoms with Gasteiger partial charge >= 0.3 is 0 Å². The molecule has 0 amide bonds. The Balaban J connectivity index is 1.27. The lowest BCUT2D eigenvalue weighted by molar-refractivity contribution is 0.957. The summed E-state index contributed by atoms with van der Waals surface area (Å²) in [5, 5.41) is 9.67. The van der Waals surface area contributed by atoms with Crippen molar-refractivity contribution in [3.05, 3.63) is 101 Å². The van der Waals surface area contributed by atoms with Crippen LogP contribution in [0.4, 0.5) is 16.5 Å². The fraction of sp³-hybridized carbons (Fsp3) is 0.130. The third-order valence-corrected chi connectivity index (χ3v) is 5.26. The molecule has 0 aliphatic carbocycles. The first kappa shape index (κ1) is 18.2. The SMILES string of the molecule is c1cc(Nc2ccc(CCc3ccc(CNc4nccs4)cc3)cc2)ccn1. The van der Waals surface area contributed by atoms with Crippen LogP contribution in [-0.4, -0.2) is 9.97 Å². The molecule has 28 heavy (non-hydrogen) atoms. The summed E-state index contributed by atoms with van der Waals surface area (Å²) in [7, 11) is 0. The molecule has 4 rings (SSSR count). The maximum Gasteiger partial charge on any atom is 0.182 e. The highest BCUT2D eigenvalue weighted by Gasteiger charge is 2.00.